The van der Waals surface area contributed by atoms with Crippen molar-refractivity contribution in [2.24, 2.45) is 11.8 Å². The molecular formula is C21H29ClN2O2. The van der Waals surface area contributed by atoms with Crippen molar-refractivity contribution in [1.82, 2.24) is 5.32 Å². The van der Waals surface area contributed by atoms with Gasteiger partial charge in [-0.05, 0) is 63.1 Å². The smallest absolute Gasteiger partial charge is 0.227 e. The number of halogens is 1. The fourth-order valence-electron chi connectivity index (χ4n) is 4.10. The third-order valence-corrected chi connectivity index (χ3v) is 6.27. The zero-order chi connectivity index (χ0) is 18.5. The third-order valence-electron chi connectivity index (χ3n) is 5.86. The molecule has 3 rings (SSSR count). The van der Waals surface area contributed by atoms with Gasteiger partial charge in [0.25, 0.3) is 0 Å². The van der Waals surface area contributed by atoms with Crippen LogP contribution in [0.5, 0.6) is 0 Å². The molecule has 0 aromatic heterocycles. The molecule has 0 radical (unpaired) electrons. The van der Waals surface area contributed by atoms with E-state index in [1.54, 1.807) is 6.07 Å². The Balaban J connectivity index is 1.45. The van der Waals surface area contributed by atoms with E-state index in [1.807, 2.05) is 19.1 Å². The minimum absolute atomic E-state index is 0.0196. The molecule has 2 aliphatic rings. The summed E-state index contributed by atoms with van der Waals surface area (Å²) in [5.41, 5.74) is 1.73. The summed E-state index contributed by atoms with van der Waals surface area (Å²) in [6.07, 6.45) is 9.10. The van der Waals surface area contributed by atoms with E-state index in [0.717, 1.165) is 49.8 Å². The second-order valence-corrected chi connectivity index (χ2v) is 8.25. The summed E-state index contributed by atoms with van der Waals surface area (Å²) in [5, 5.41) is 6.85. The van der Waals surface area contributed by atoms with E-state index >= 15 is 0 Å². The SMILES string of the molecule is Cc1ccc(NC(=O)C2CCC(C(=O)NC3CCCCC3)CC2)cc1Cl. The molecule has 142 valence electrons. The van der Waals surface area contributed by atoms with Crippen molar-refractivity contribution in [3.8, 4) is 0 Å². The molecular weight excluding hydrogens is 348 g/mol. The van der Waals surface area contributed by atoms with Gasteiger partial charge in [-0.3, -0.25) is 9.59 Å². The predicted molar refractivity (Wildman–Crippen MR) is 105 cm³/mol. The van der Waals surface area contributed by atoms with Crippen molar-refractivity contribution in [3.63, 3.8) is 0 Å². The summed E-state index contributed by atoms with van der Waals surface area (Å²) in [6, 6.07) is 5.94. The van der Waals surface area contributed by atoms with Crippen molar-refractivity contribution in [2.75, 3.05) is 5.32 Å². The maximum Gasteiger partial charge on any atom is 0.227 e. The molecule has 1 aromatic carbocycles. The van der Waals surface area contributed by atoms with Gasteiger partial charge in [-0.25, -0.2) is 0 Å². The first kappa shape index (κ1) is 19.2. The third kappa shape index (κ3) is 5.00. The van der Waals surface area contributed by atoms with Crippen molar-refractivity contribution in [3.05, 3.63) is 28.8 Å². The van der Waals surface area contributed by atoms with E-state index in [1.165, 1.54) is 19.3 Å². The molecule has 0 bridgehead atoms. The maximum absolute atomic E-state index is 12.5. The highest BCUT2D eigenvalue weighted by Crippen LogP contribution is 2.31. The van der Waals surface area contributed by atoms with Gasteiger partial charge in [-0.1, -0.05) is 36.9 Å². The second-order valence-electron chi connectivity index (χ2n) is 7.85. The van der Waals surface area contributed by atoms with E-state index < -0.39 is 0 Å². The quantitative estimate of drug-likeness (QED) is 0.789. The monoisotopic (exact) mass is 376 g/mol. The number of carbonyl (C=O) groups excluding carboxylic acids is 2. The van der Waals surface area contributed by atoms with Crippen LogP contribution in [0, 0.1) is 18.8 Å². The van der Waals surface area contributed by atoms with E-state index in [2.05, 4.69) is 10.6 Å². The van der Waals surface area contributed by atoms with Gasteiger partial charge in [0, 0.05) is 28.6 Å². The van der Waals surface area contributed by atoms with Crippen LogP contribution >= 0.6 is 11.6 Å². The van der Waals surface area contributed by atoms with Gasteiger partial charge in [-0.2, -0.15) is 0 Å². The Labute approximate surface area is 161 Å². The Hall–Kier alpha value is -1.55. The minimum atomic E-state index is -0.0196. The first-order valence-corrected chi connectivity index (χ1v) is 10.3. The number of rotatable bonds is 4. The van der Waals surface area contributed by atoms with Crippen LogP contribution in [0.4, 0.5) is 5.69 Å². The highest BCUT2D eigenvalue weighted by molar-refractivity contribution is 6.31. The van der Waals surface area contributed by atoms with E-state index in [4.69, 9.17) is 11.6 Å². The van der Waals surface area contributed by atoms with Crippen LogP contribution in [-0.2, 0) is 9.59 Å². The average Bonchev–Trinajstić information content (AvgIpc) is 2.65. The molecule has 4 nitrogen and oxygen atoms in total. The fourth-order valence-corrected chi connectivity index (χ4v) is 4.28. The number of benzene rings is 1. The van der Waals surface area contributed by atoms with Crippen molar-refractivity contribution >= 4 is 29.1 Å². The lowest BCUT2D eigenvalue weighted by molar-refractivity contribution is -0.129. The Morgan fingerprint density at radius 2 is 1.54 bits per heavy atom. The lowest BCUT2D eigenvalue weighted by atomic mass is 9.80. The largest absolute Gasteiger partial charge is 0.353 e. The zero-order valence-electron chi connectivity index (χ0n) is 15.5. The van der Waals surface area contributed by atoms with Crippen LogP contribution in [0.3, 0.4) is 0 Å². The van der Waals surface area contributed by atoms with Crippen LogP contribution in [-0.4, -0.2) is 17.9 Å². The van der Waals surface area contributed by atoms with Gasteiger partial charge in [0.1, 0.15) is 0 Å². The van der Waals surface area contributed by atoms with Crippen molar-refractivity contribution in [1.29, 1.82) is 0 Å². The fraction of sp³-hybridized carbons (Fsp3) is 0.619. The Kier molecular flexibility index (Phi) is 6.58. The molecule has 2 saturated carbocycles. The van der Waals surface area contributed by atoms with E-state index in [9.17, 15) is 9.59 Å². The molecule has 0 atom stereocenters. The summed E-state index contributed by atoms with van der Waals surface area (Å²) >= 11 is 6.12. The lowest BCUT2D eigenvalue weighted by Crippen LogP contribution is -2.41. The molecule has 0 heterocycles. The zero-order valence-corrected chi connectivity index (χ0v) is 16.3. The first-order valence-electron chi connectivity index (χ1n) is 9.90. The van der Waals surface area contributed by atoms with Gasteiger partial charge in [-0.15, -0.1) is 0 Å². The molecule has 2 aliphatic carbocycles. The van der Waals surface area contributed by atoms with Crippen LogP contribution < -0.4 is 10.6 Å². The highest BCUT2D eigenvalue weighted by Gasteiger charge is 2.31. The Morgan fingerprint density at radius 1 is 0.923 bits per heavy atom. The standard InChI is InChI=1S/C21H29ClN2O2/c1-14-7-12-18(13-19(14)22)24-21(26)16-10-8-15(9-11-16)20(25)23-17-5-3-2-4-6-17/h7,12-13,15-17H,2-6,8-11H2,1H3,(H,23,25)(H,24,26). The first-order chi connectivity index (χ1) is 12.5. The topological polar surface area (TPSA) is 58.2 Å². The number of hydrogen-bond acceptors (Lipinski definition) is 2. The number of aryl methyl sites for hydroxylation is 1. The molecule has 0 spiro atoms. The predicted octanol–water partition coefficient (Wildman–Crippen LogP) is 4.84. The second kappa shape index (κ2) is 8.90. The van der Waals surface area contributed by atoms with E-state index in [-0.39, 0.29) is 23.7 Å². The molecule has 2 N–H and O–H groups in total. The summed E-state index contributed by atoms with van der Waals surface area (Å²) in [4.78, 5) is 25.0. The van der Waals surface area contributed by atoms with Gasteiger partial charge in [0.2, 0.25) is 11.8 Å². The minimum Gasteiger partial charge on any atom is -0.353 e. The molecule has 0 saturated heterocycles. The van der Waals surface area contributed by atoms with Gasteiger partial charge >= 0.3 is 0 Å². The number of carbonyl (C=O) groups is 2. The summed E-state index contributed by atoms with van der Waals surface area (Å²) < 4.78 is 0. The summed E-state index contributed by atoms with van der Waals surface area (Å²) in [6.45, 7) is 1.94. The lowest BCUT2D eigenvalue weighted by Gasteiger charge is -2.30. The number of amides is 2. The molecule has 26 heavy (non-hydrogen) atoms. The Morgan fingerprint density at radius 3 is 2.15 bits per heavy atom. The normalized spacial score (nSPS) is 24.1. The van der Waals surface area contributed by atoms with Gasteiger partial charge in [0.05, 0.1) is 0 Å². The molecule has 0 unspecified atom stereocenters. The Bertz CT molecular complexity index is 647. The van der Waals surface area contributed by atoms with Crippen LogP contribution in [0.15, 0.2) is 18.2 Å². The van der Waals surface area contributed by atoms with Gasteiger partial charge in [0.15, 0.2) is 0 Å². The van der Waals surface area contributed by atoms with Crippen molar-refractivity contribution in [2.45, 2.75) is 70.8 Å². The number of hydrogen-bond donors (Lipinski definition) is 2. The van der Waals surface area contributed by atoms with Crippen molar-refractivity contribution < 1.29 is 9.59 Å². The molecule has 0 aliphatic heterocycles. The number of anilines is 1. The molecule has 2 fully saturated rings. The summed E-state index contributed by atoms with van der Waals surface area (Å²) in [7, 11) is 0. The number of nitrogens with one attached hydrogen (secondary N) is 2. The van der Waals surface area contributed by atoms with Crippen LogP contribution in [0.2, 0.25) is 5.02 Å². The highest BCUT2D eigenvalue weighted by atomic mass is 35.5. The molecule has 2 amide bonds. The summed E-state index contributed by atoms with van der Waals surface area (Å²) in [5.74, 6) is 0.278. The van der Waals surface area contributed by atoms with Gasteiger partial charge < -0.3 is 10.6 Å². The van der Waals surface area contributed by atoms with Crippen LogP contribution in [0.1, 0.15) is 63.4 Å². The van der Waals surface area contributed by atoms with E-state index in [0.29, 0.717) is 11.1 Å². The van der Waals surface area contributed by atoms with Crippen LogP contribution in [0.25, 0.3) is 0 Å². The maximum atomic E-state index is 12.5. The molecule has 5 heteroatoms. The molecule has 1 aromatic rings. The average molecular weight is 377 g/mol.